The highest BCUT2D eigenvalue weighted by Gasteiger charge is 2.14. The number of carboxylic acids is 1. The average Bonchev–Trinajstić information content (AvgIpc) is 2.69. The first-order chi connectivity index (χ1) is 13.8. The van der Waals surface area contributed by atoms with Gasteiger partial charge in [0.2, 0.25) is 0 Å². The van der Waals surface area contributed by atoms with Crippen molar-refractivity contribution in [3.63, 3.8) is 0 Å². The third-order valence-electron chi connectivity index (χ3n) is 3.97. The van der Waals surface area contributed by atoms with Crippen molar-refractivity contribution in [2.45, 2.75) is 13.8 Å². The van der Waals surface area contributed by atoms with E-state index in [1.165, 1.54) is 25.5 Å². The van der Waals surface area contributed by atoms with E-state index in [1.54, 1.807) is 18.2 Å². The van der Waals surface area contributed by atoms with Crippen LogP contribution >= 0.6 is 0 Å². The summed E-state index contributed by atoms with van der Waals surface area (Å²) in [5.74, 6) is -2.65. The molecule has 0 saturated heterocycles. The Labute approximate surface area is 167 Å². The molecule has 0 aliphatic carbocycles. The van der Waals surface area contributed by atoms with Crippen molar-refractivity contribution in [1.29, 1.82) is 0 Å². The quantitative estimate of drug-likeness (QED) is 0.398. The number of rotatable bonds is 7. The molecule has 9 nitrogen and oxygen atoms in total. The Balaban J connectivity index is 1.97. The van der Waals surface area contributed by atoms with Crippen LogP contribution in [0, 0.1) is 13.8 Å². The normalized spacial score (nSPS) is 10.4. The van der Waals surface area contributed by atoms with E-state index in [0.29, 0.717) is 11.3 Å². The molecule has 0 heterocycles. The summed E-state index contributed by atoms with van der Waals surface area (Å²) >= 11 is 0. The molecule has 0 fully saturated rings. The second-order valence-corrected chi connectivity index (χ2v) is 5.97. The van der Waals surface area contributed by atoms with Crippen molar-refractivity contribution >= 4 is 29.7 Å². The number of benzene rings is 2. The number of carbonyl (C=O) groups is 3. The predicted octanol–water partition coefficient (Wildman–Crippen LogP) is 0.530. The van der Waals surface area contributed by atoms with Gasteiger partial charge >= 0.3 is 11.8 Å². The second kappa shape index (κ2) is 9.88. The van der Waals surface area contributed by atoms with E-state index in [-0.39, 0.29) is 11.5 Å². The van der Waals surface area contributed by atoms with Crippen LogP contribution in [0.3, 0.4) is 0 Å². The van der Waals surface area contributed by atoms with E-state index in [0.717, 1.165) is 11.1 Å². The Morgan fingerprint density at radius 3 is 2.55 bits per heavy atom. The van der Waals surface area contributed by atoms with Crippen molar-refractivity contribution in [2.75, 3.05) is 19.0 Å². The van der Waals surface area contributed by atoms with Gasteiger partial charge in [0.05, 0.1) is 19.3 Å². The van der Waals surface area contributed by atoms with Crippen molar-refractivity contribution in [3.05, 3.63) is 53.1 Å². The number of carbonyl (C=O) groups excluding carboxylic acids is 3. The first-order valence-corrected chi connectivity index (χ1v) is 8.53. The van der Waals surface area contributed by atoms with Crippen LogP contribution in [0.15, 0.2) is 41.5 Å². The minimum atomic E-state index is -1.36. The SMILES string of the molecule is COc1cc(/C=N\NC(=O)C(=O)Nc2cccc(C)c2C)ccc1OCC(=O)[O-]. The maximum Gasteiger partial charge on any atom is 0.329 e. The summed E-state index contributed by atoms with van der Waals surface area (Å²) in [6, 6.07) is 9.96. The highest BCUT2D eigenvalue weighted by molar-refractivity contribution is 6.39. The minimum Gasteiger partial charge on any atom is -0.546 e. The molecule has 9 heteroatoms. The van der Waals surface area contributed by atoms with Crippen LogP contribution in [0.25, 0.3) is 0 Å². The van der Waals surface area contributed by atoms with Gasteiger partial charge in [0.25, 0.3) is 0 Å². The minimum absolute atomic E-state index is 0.214. The summed E-state index contributed by atoms with van der Waals surface area (Å²) in [6.45, 7) is 3.13. The standard InChI is InChI=1S/C20H21N3O6/c1-12-5-4-6-15(13(12)2)22-19(26)20(27)23-21-10-14-7-8-16(17(9-14)28-3)29-11-18(24)25/h4-10H,11H2,1-3H3,(H,22,26)(H,23,27)(H,24,25)/p-1/b21-10-. The van der Waals surface area contributed by atoms with Crippen molar-refractivity contribution in [2.24, 2.45) is 5.10 Å². The van der Waals surface area contributed by atoms with Gasteiger partial charge in [-0.05, 0) is 54.8 Å². The van der Waals surface area contributed by atoms with E-state index in [1.807, 2.05) is 19.9 Å². The first kappa shape index (κ1) is 21.4. The predicted molar refractivity (Wildman–Crippen MR) is 104 cm³/mol. The van der Waals surface area contributed by atoms with E-state index in [2.05, 4.69) is 15.8 Å². The highest BCUT2D eigenvalue weighted by atomic mass is 16.5. The summed E-state index contributed by atoms with van der Waals surface area (Å²) < 4.78 is 10.2. The van der Waals surface area contributed by atoms with Gasteiger partial charge in [-0.2, -0.15) is 5.10 Å². The Morgan fingerprint density at radius 1 is 1.10 bits per heavy atom. The number of nitrogens with zero attached hydrogens (tertiary/aromatic N) is 1. The lowest BCUT2D eigenvalue weighted by Crippen LogP contribution is -2.32. The molecule has 2 amide bonds. The van der Waals surface area contributed by atoms with Gasteiger partial charge in [0.1, 0.15) is 6.61 Å². The Kier molecular flexibility index (Phi) is 7.30. The maximum atomic E-state index is 12.0. The largest absolute Gasteiger partial charge is 0.546 e. The van der Waals surface area contributed by atoms with Gasteiger partial charge in [-0.15, -0.1) is 0 Å². The monoisotopic (exact) mass is 398 g/mol. The lowest BCUT2D eigenvalue weighted by molar-refractivity contribution is -0.307. The van der Waals surface area contributed by atoms with Crippen LogP contribution in [0.1, 0.15) is 16.7 Å². The fraction of sp³-hybridized carbons (Fsp3) is 0.200. The van der Waals surface area contributed by atoms with Crippen LogP contribution in [0.4, 0.5) is 5.69 Å². The zero-order valence-electron chi connectivity index (χ0n) is 16.1. The lowest BCUT2D eigenvalue weighted by Gasteiger charge is -2.11. The number of amides is 2. The number of anilines is 1. The van der Waals surface area contributed by atoms with Crippen LogP contribution in [-0.2, 0) is 14.4 Å². The smallest absolute Gasteiger partial charge is 0.329 e. The number of aryl methyl sites for hydroxylation is 1. The average molecular weight is 398 g/mol. The summed E-state index contributed by atoms with van der Waals surface area (Å²) in [5, 5.41) is 16.8. The Bertz CT molecular complexity index is 955. The number of methoxy groups -OCH3 is 1. The molecule has 2 rings (SSSR count). The molecule has 0 radical (unpaired) electrons. The van der Waals surface area contributed by atoms with Crippen molar-refractivity contribution in [1.82, 2.24) is 5.43 Å². The van der Waals surface area contributed by atoms with Gasteiger partial charge in [-0.25, -0.2) is 5.43 Å². The molecule has 0 aliphatic rings. The number of ether oxygens (including phenoxy) is 2. The summed E-state index contributed by atoms with van der Waals surface area (Å²) in [6.07, 6.45) is 1.30. The summed E-state index contributed by atoms with van der Waals surface area (Å²) in [7, 11) is 1.39. The fourth-order valence-electron chi connectivity index (χ4n) is 2.30. The molecule has 0 aliphatic heterocycles. The number of hydrogen-bond donors (Lipinski definition) is 2. The van der Waals surface area contributed by atoms with E-state index in [9.17, 15) is 19.5 Å². The molecule has 29 heavy (non-hydrogen) atoms. The summed E-state index contributed by atoms with van der Waals surface area (Å²) in [5.41, 5.74) is 5.07. The molecule has 0 unspecified atom stereocenters. The van der Waals surface area contributed by atoms with Gasteiger partial charge in [0.15, 0.2) is 11.5 Å². The van der Waals surface area contributed by atoms with Gasteiger partial charge < -0.3 is 24.7 Å². The zero-order valence-corrected chi connectivity index (χ0v) is 16.1. The van der Waals surface area contributed by atoms with Gasteiger partial charge in [-0.3, -0.25) is 9.59 Å². The molecule has 0 atom stereocenters. The topological polar surface area (TPSA) is 129 Å². The van der Waals surface area contributed by atoms with E-state index >= 15 is 0 Å². The van der Waals surface area contributed by atoms with Gasteiger partial charge in [0, 0.05) is 5.69 Å². The highest BCUT2D eigenvalue weighted by Crippen LogP contribution is 2.27. The molecule has 152 valence electrons. The second-order valence-electron chi connectivity index (χ2n) is 5.97. The van der Waals surface area contributed by atoms with Crippen LogP contribution in [0.2, 0.25) is 0 Å². The number of hydrazone groups is 1. The number of nitrogens with one attached hydrogen (secondary N) is 2. The molecule has 0 spiro atoms. The molecule has 0 saturated carbocycles. The number of carboxylic acid groups (broad SMARTS) is 1. The number of hydrogen-bond acceptors (Lipinski definition) is 7. The Hall–Kier alpha value is -3.88. The molecule has 2 N–H and O–H groups in total. The lowest BCUT2D eigenvalue weighted by atomic mass is 10.1. The molecule has 0 aromatic heterocycles. The van der Waals surface area contributed by atoms with Crippen LogP contribution < -0.4 is 25.3 Å². The third kappa shape index (κ3) is 6.06. The molecular formula is C20H20N3O6-. The van der Waals surface area contributed by atoms with Crippen molar-refractivity contribution in [3.8, 4) is 11.5 Å². The molecule has 2 aromatic carbocycles. The first-order valence-electron chi connectivity index (χ1n) is 8.53. The van der Waals surface area contributed by atoms with Gasteiger partial charge in [-0.1, -0.05) is 12.1 Å². The third-order valence-corrected chi connectivity index (χ3v) is 3.97. The van der Waals surface area contributed by atoms with Crippen molar-refractivity contribution < 1.29 is 29.0 Å². The Morgan fingerprint density at radius 2 is 1.86 bits per heavy atom. The van der Waals surface area contributed by atoms with E-state index in [4.69, 9.17) is 9.47 Å². The molecular weight excluding hydrogens is 378 g/mol. The number of aliphatic carboxylic acids is 1. The van der Waals surface area contributed by atoms with E-state index < -0.39 is 24.4 Å². The van der Waals surface area contributed by atoms with Crippen LogP contribution in [0.5, 0.6) is 11.5 Å². The zero-order chi connectivity index (χ0) is 21.4. The molecule has 0 bridgehead atoms. The summed E-state index contributed by atoms with van der Waals surface area (Å²) in [4.78, 5) is 34.4. The maximum absolute atomic E-state index is 12.0. The molecule has 2 aromatic rings. The fourth-order valence-corrected chi connectivity index (χ4v) is 2.30. The van der Waals surface area contributed by atoms with Crippen LogP contribution in [-0.4, -0.2) is 37.7 Å².